The second-order valence-electron chi connectivity index (χ2n) is 5.34. The molecule has 0 spiro atoms. The number of piperidine rings is 1. The smallest absolute Gasteiger partial charge is 0.409 e. The van der Waals surface area contributed by atoms with E-state index in [1.807, 2.05) is 0 Å². The van der Waals surface area contributed by atoms with Crippen molar-refractivity contribution in [2.24, 2.45) is 5.92 Å². The van der Waals surface area contributed by atoms with Gasteiger partial charge in [-0.15, -0.1) is 0 Å². The maximum atomic E-state index is 12.1. The summed E-state index contributed by atoms with van der Waals surface area (Å²) < 4.78 is 27.3. The summed E-state index contributed by atoms with van der Waals surface area (Å²) in [7, 11) is -1.64. The molecule has 2 fully saturated rings. The fourth-order valence-electron chi connectivity index (χ4n) is 2.68. The number of sulfone groups is 1. The molecule has 2 saturated heterocycles. The predicted octanol–water partition coefficient (Wildman–Crippen LogP) is -0.232. The van der Waals surface area contributed by atoms with Crippen LogP contribution in [0.4, 0.5) is 4.79 Å². The van der Waals surface area contributed by atoms with Gasteiger partial charge >= 0.3 is 6.09 Å². The minimum atomic E-state index is -2.98. The molecule has 2 rings (SSSR count). The lowest BCUT2D eigenvalue weighted by Gasteiger charge is -2.30. The Labute approximate surface area is 118 Å². The molecular weight excluding hydrogens is 284 g/mol. The van der Waals surface area contributed by atoms with Crippen molar-refractivity contribution in [2.45, 2.75) is 25.3 Å². The molecule has 1 unspecified atom stereocenters. The molecule has 2 aliphatic rings. The molecule has 114 valence electrons. The van der Waals surface area contributed by atoms with Crippen molar-refractivity contribution in [1.82, 2.24) is 10.2 Å². The standard InChI is InChI=1S/C12H20N2O5S/c1-19-12(16)14-5-2-9(3-6-14)11(15)13-10-4-7-20(17,18)8-10/h9-10H,2-8H2,1H3,(H,13,15). The van der Waals surface area contributed by atoms with E-state index >= 15 is 0 Å². The molecule has 0 aromatic carbocycles. The molecule has 2 heterocycles. The number of carbonyl (C=O) groups excluding carboxylic acids is 2. The van der Waals surface area contributed by atoms with Crippen LogP contribution in [0.15, 0.2) is 0 Å². The Balaban J connectivity index is 1.79. The van der Waals surface area contributed by atoms with Crippen LogP contribution in [0.25, 0.3) is 0 Å². The van der Waals surface area contributed by atoms with Gasteiger partial charge < -0.3 is 15.0 Å². The van der Waals surface area contributed by atoms with Gasteiger partial charge in [-0.3, -0.25) is 4.79 Å². The highest BCUT2D eigenvalue weighted by Crippen LogP contribution is 2.19. The molecule has 0 aromatic rings. The molecule has 20 heavy (non-hydrogen) atoms. The predicted molar refractivity (Wildman–Crippen MR) is 71.9 cm³/mol. The highest BCUT2D eigenvalue weighted by atomic mass is 32.2. The van der Waals surface area contributed by atoms with Crippen molar-refractivity contribution >= 4 is 21.8 Å². The summed E-state index contributed by atoms with van der Waals surface area (Å²) in [5, 5.41) is 2.81. The monoisotopic (exact) mass is 304 g/mol. The second-order valence-corrected chi connectivity index (χ2v) is 7.57. The van der Waals surface area contributed by atoms with Gasteiger partial charge in [-0.25, -0.2) is 13.2 Å². The van der Waals surface area contributed by atoms with Crippen LogP contribution < -0.4 is 5.32 Å². The molecule has 0 bridgehead atoms. The average Bonchev–Trinajstić information content (AvgIpc) is 2.77. The van der Waals surface area contributed by atoms with Crippen molar-refractivity contribution in [1.29, 1.82) is 0 Å². The fourth-order valence-corrected chi connectivity index (χ4v) is 4.35. The van der Waals surface area contributed by atoms with Crippen LogP contribution in [-0.4, -0.2) is 63.1 Å². The molecular formula is C12H20N2O5S. The van der Waals surface area contributed by atoms with Gasteiger partial charge in [-0.2, -0.15) is 0 Å². The van der Waals surface area contributed by atoms with Crippen LogP contribution in [0.1, 0.15) is 19.3 Å². The van der Waals surface area contributed by atoms with Crippen LogP contribution in [0.5, 0.6) is 0 Å². The van der Waals surface area contributed by atoms with Gasteiger partial charge in [-0.1, -0.05) is 0 Å². The number of nitrogens with zero attached hydrogens (tertiary/aromatic N) is 1. The van der Waals surface area contributed by atoms with E-state index in [1.54, 1.807) is 4.90 Å². The number of hydrogen-bond donors (Lipinski definition) is 1. The minimum Gasteiger partial charge on any atom is -0.453 e. The highest BCUT2D eigenvalue weighted by molar-refractivity contribution is 7.91. The van der Waals surface area contributed by atoms with E-state index < -0.39 is 9.84 Å². The van der Waals surface area contributed by atoms with Crippen molar-refractivity contribution in [3.05, 3.63) is 0 Å². The van der Waals surface area contributed by atoms with Gasteiger partial charge in [0.15, 0.2) is 9.84 Å². The largest absolute Gasteiger partial charge is 0.453 e. The second kappa shape index (κ2) is 5.99. The van der Waals surface area contributed by atoms with Crippen molar-refractivity contribution in [3.8, 4) is 0 Å². The zero-order valence-electron chi connectivity index (χ0n) is 11.5. The minimum absolute atomic E-state index is 0.0414. The van der Waals surface area contributed by atoms with Gasteiger partial charge in [0.1, 0.15) is 0 Å². The summed E-state index contributed by atoms with van der Waals surface area (Å²) in [5.41, 5.74) is 0. The van der Waals surface area contributed by atoms with Crippen molar-refractivity contribution in [2.75, 3.05) is 31.7 Å². The first-order valence-electron chi connectivity index (χ1n) is 6.75. The van der Waals surface area contributed by atoms with Crippen LogP contribution in [0.3, 0.4) is 0 Å². The summed E-state index contributed by atoms with van der Waals surface area (Å²) in [6, 6.07) is -0.258. The quantitative estimate of drug-likeness (QED) is 0.760. The first-order valence-corrected chi connectivity index (χ1v) is 8.57. The Kier molecular flexibility index (Phi) is 4.52. The molecule has 1 N–H and O–H groups in total. The van der Waals surface area contributed by atoms with Crippen LogP contribution in [0.2, 0.25) is 0 Å². The number of hydrogen-bond acceptors (Lipinski definition) is 5. The highest BCUT2D eigenvalue weighted by Gasteiger charge is 2.32. The summed E-state index contributed by atoms with van der Waals surface area (Å²) >= 11 is 0. The fraction of sp³-hybridized carbons (Fsp3) is 0.833. The summed E-state index contributed by atoms with van der Waals surface area (Å²) in [4.78, 5) is 25.0. The van der Waals surface area contributed by atoms with E-state index in [9.17, 15) is 18.0 Å². The topological polar surface area (TPSA) is 92.8 Å². The van der Waals surface area contributed by atoms with Gasteiger partial charge in [0.05, 0.1) is 18.6 Å². The van der Waals surface area contributed by atoms with E-state index in [4.69, 9.17) is 0 Å². The number of likely N-dealkylation sites (tertiary alicyclic amines) is 1. The van der Waals surface area contributed by atoms with Crippen molar-refractivity contribution < 1.29 is 22.7 Å². The summed E-state index contributed by atoms with van der Waals surface area (Å²) in [6.07, 6.45) is 1.29. The maximum absolute atomic E-state index is 12.1. The van der Waals surface area contributed by atoms with Crippen LogP contribution in [0, 0.1) is 5.92 Å². The Morgan fingerprint density at radius 1 is 1.20 bits per heavy atom. The number of nitrogens with one attached hydrogen (secondary N) is 1. The van der Waals surface area contributed by atoms with Crippen LogP contribution in [-0.2, 0) is 19.4 Å². The molecule has 2 aliphatic heterocycles. The third kappa shape index (κ3) is 3.62. The molecule has 0 radical (unpaired) electrons. The van der Waals surface area contributed by atoms with E-state index in [0.29, 0.717) is 32.4 Å². The van der Waals surface area contributed by atoms with Crippen LogP contribution >= 0.6 is 0 Å². The average molecular weight is 304 g/mol. The van der Waals surface area contributed by atoms with E-state index in [-0.39, 0.29) is 35.5 Å². The lowest BCUT2D eigenvalue weighted by Crippen LogP contribution is -2.45. The van der Waals surface area contributed by atoms with E-state index in [0.717, 1.165) is 0 Å². The normalized spacial score (nSPS) is 26.2. The molecule has 8 heteroatoms. The SMILES string of the molecule is COC(=O)N1CCC(C(=O)NC2CCS(=O)(=O)C2)CC1. The maximum Gasteiger partial charge on any atom is 0.409 e. The van der Waals surface area contributed by atoms with E-state index in [2.05, 4.69) is 10.1 Å². The Morgan fingerprint density at radius 3 is 2.35 bits per heavy atom. The van der Waals surface area contributed by atoms with Crippen molar-refractivity contribution in [3.63, 3.8) is 0 Å². The Morgan fingerprint density at radius 2 is 1.85 bits per heavy atom. The number of ether oxygens (including phenoxy) is 1. The number of amides is 2. The number of carbonyl (C=O) groups is 2. The zero-order chi connectivity index (χ0) is 14.8. The zero-order valence-corrected chi connectivity index (χ0v) is 12.3. The summed E-state index contributed by atoms with van der Waals surface area (Å²) in [5.74, 6) is -0.0609. The summed E-state index contributed by atoms with van der Waals surface area (Å²) in [6.45, 7) is 0.988. The van der Waals surface area contributed by atoms with E-state index in [1.165, 1.54) is 7.11 Å². The number of rotatable bonds is 2. The van der Waals surface area contributed by atoms with Gasteiger partial charge in [0.25, 0.3) is 0 Å². The molecule has 0 aromatic heterocycles. The molecule has 1 atom stereocenters. The number of methoxy groups -OCH3 is 1. The first kappa shape index (κ1) is 15.1. The molecule has 7 nitrogen and oxygen atoms in total. The molecule has 0 aliphatic carbocycles. The Bertz CT molecular complexity index is 482. The lowest BCUT2D eigenvalue weighted by molar-refractivity contribution is -0.126. The Hall–Kier alpha value is -1.31. The van der Waals surface area contributed by atoms with Gasteiger partial charge in [0, 0.05) is 25.0 Å². The first-order chi connectivity index (χ1) is 9.41. The third-order valence-corrected chi connectivity index (χ3v) is 5.65. The third-order valence-electron chi connectivity index (χ3n) is 3.88. The van der Waals surface area contributed by atoms with Gasteiger partial charge in [0.2, 0.25) is 5.91 Å². The van der Waals surface area contributed by atoms with Gasteiger partial charge in [-0.05, 0) is 19.3 Å². The lowest BCUT2D eigenvalue weighted by atomic mass is 9.96. The molecule has 2 amide bonds. The molecule has 0 saturated carbocycles.